The van der Waals surface area contributed by atoms with Crippen LogP contribution < -0.4 is 0 Å². The summed E-state index contributed by atoms with van der Waals surface area (Å²) in [6.07, 6.45) is 6.58. The van der Waals surface area contributed by atoms with Crippen molar-refractivity contribution in [2.24, 2.45) is 16.7 Å². The van der Waals surface area contributed by atoms with E-state index < -0.39 is 0 Å². The first-order valence-electron chi connectivity index (χ1n) is 7.59. The van der Waals surface area contributed by atoms with Crippen molar-refractivity contribution in [3.05, 3.63) is 0 Å². The Morgan fingerprint density at radius 3 is 2.28 bits per heavy atom. The average molecular weight is 272 g/mol. The van der Waals surface area contributed by atoms with E-state index in [1.807, 2.05) is 0 Å². The number of rotatable bonds is 6. The Morgan fingerprint density at radius 1 is 1.22 bits per heavy atom. The molecule has 1 aliphatic carbocycles. The second kappa shape index (κ2) is 6.65. The van der Waals surface area contributed by atoms with E-state index in [1.54, 1.807) is 0 Å². The predicted octanol–water partition coefficient (Wildman–Crippen LogP) is 4.95. The molecule has 0 aromatic rings. The zero-order chi connectivity index (χ0) is 13.8. The molecule has 1 aliphatic rings. The number of hydrogen-bond acceptors (Lipinski definition) is 2. The molecule has 18 heavy (non-hydrogen) atoms. The molecule has 108 valence electrons. The summed E-state index contributed by atoms with van der Waals surface area (Å²) in [7, 11) is 0. The van der Waals surface area contributed by atoms with Crippen molar-refractivity contribution in [1.82, 2.24) is 0 Å². The third-order valence-corrected chi connectivity index (χ3v) is 5.48. The Labute approximate surface area is 119 Å². The maximum absolute atomic E-state index is 6.28. The van der Waals surface area contributed by atoms with Gasteiger partial charge in [-0.1, -0.05) is 34.6 Å². The Morgan fingerprint density at radius 2 is 1.83 bits per heavy atom. The lowest BCUT2D eigenvalue weighted by atomic mass is 9.71. The van der Waals surface area contributed by atoms with Gasteiger partial charge in [0.1, 0.15) is 0 Å². The normalized spacial score (nSPS) is 28.3. The van der Waals surface area contributed by atoms with Crippen molar-refractivity contribution in [3.8, 4) is 0 Å². The molecule has 2 unspecified atom stereocenters. The van der Waals surface area contributed by atoms with Gasteiger partial charge in [-0.3, -0.25) is 0 Å². The van der Waals surface area contributed by atoms with Gasteiger partial charge in [0.25, 0.3) is 0 Å². The topological polar surface area (TPSA) is 9.23 Å². The lowest BCUT2D eigenvalue weighted by Gasteiger charge is -2.40. The highest BCUT2D eigenvalue weighted by Crippen LogP contribution is 2.40. The van der Waals surface area contributed by atoms with Crippen LogP contribution in [0.25, 0.3) is 0 Å². The van der Waals surface area contributed by atoms with Gasteiger partial charge in [-0.2, -0.15) is 12.6 Å². The van der Waals surface area contributed by atoms with Crippen LogP contribution in [0.2, 0.25) is 0 Å². The van der Waals surface area contributed by atoms with Gasteiger partial charge in [-0.05, 0) is 49.2 Å². The van der Waals surface area contributed by atoms with E-state index in [0.29, 0.717) is 11.5 Å². The third kappa shape index (κ3) is 4.45. The molecule has 0 N–H and O–H groups in total. The van der Waals surface area contributed by atoms with Crippen LogP contribution in [0.5, 0.6) is 0 Å². The highest BCUT2D eigenvalue weighted by Gasteiger charge is 2.34. The van der Waals surface area contributed by atoms with E-state index in [1.165, 1.54) is 32.1 Å². The molecule has 0 saturated heterocycles. The molecule has 0 amide bonds. The van der Waals surface area contributed by atoms with Crippen LogP contribution in [0.3, 0.4) is 0 Å². The van der Waals surface area contributed by atoms with Gasteiger partial charge in [0.2, 0.25) is 0 Å². The Kier molecular flexibility index (Phi) is 6.05. The van der Waals surface area contributed by atoms with Crippen molar-refractivity contribution in [2.45, 2.75) is 72.8 Å². The minimum Gasteiger partial charge on any atom is -0.378 e. The van der Waals surface area contributed by atoms with Crippen molar-refractivity contribution < 1.29 is 4.74 Å². The van der Waals surface area contributed by atoms with Crippen LogP contribution in [0, 0.1) is 16.7 Å². The van der Waals surface area contributed by atoms with Crippen molar-refractivity contribution in [2.75, 3.05) is 12.4 Å². The first kappa shape index (κ1) is 16.4. The van der Waals surface area contributed by atoms with E-state index in [0.717, 1.165) is 18.3 Å². The molecule has 0 bridgehead atoms. The molecule has 1 fully saturated rings. The second-order valence-corrected chi connectivity index (χ2v) is 7.53. The molecule has 1 rings (SSSR count). The maximum atomic E-state index is 6.28. The van der Waals surface area contributed by atoms with E-state index >= 15 is 0 Å². The molecule has 0 aromatic carbocycles. The highest BCUT2D eigenvalue weighted by atomic mass is 32.1. The fourth-order valence-corrected chi connectivity index (χ4v) is 3.94. The minimum atomic E-state index is 0.286. The fourth-order valence-electron chi connectivity index (χ4n) is 3.40. The standard InChI is InChI=1S/C16H32OS/c1-6-16(7-2,12-18)11-17-14-8-13(3)9-15(4,5)10-14/h13-14,18H,6-12H2,1-5H3. The van der Waals surface area contributed by atoms with Gasteiger partial charge >= 0.3 is 0 Å². The quantitative estimate of drug-likeness (QED) is 0.673. The van der Waals surface area contributed by atoms with Crippen molar-refractivity contribution in [1.29, 1.82) is 0 Å². The lowest BCUT2D eigenvalue weighted by Crippen LogP contribution is -2.36. The molecular weight excluding hydrogens is 240 g/mol. The zero-order valence-corrected chi connectivity index (χ0v) is 13.9. The molecule has 0 radical (unpaired) electrons. The SMILES string of the molecule is CCC(CC)(CS)COC1CC(C)CC(C)(C)C1. The smallest absolute Gasteiger partial charge is 0.0583 e. The number of hydrogen-bond donors (Lipinski definition) is 1. The van der Waals surface area contributed by atoms with E-state index in [-0.39, 0.29) is 5.41 Å². The molecule has 1 saturated carbocycles. The summed E-state index contributed by atoms with van der Waals surface area (Å²) >= 11 is 4.53. The summed E-state index contributed by atoms with van der Waals surface area (Å²) in [5.74, 6) is 1.73. The number of thiol groups is 1. The van der Waals surface area contributed by atoms with Crippen LogP contribution >= 0.6 is 12.6 Å². The van der Waals surface area contributed by atoms with Gasteiger partial charge in [0.05, 0.1) is 12.7 Å². The first-order valence-corrected chi connectivity index (χ1v) is 8.22. The average Bonchev–Trinajstić information content (AvgIpc) is 2.29. The predicted molar refractivity (Wildman–Crippen MR) is 83.4 cm³/mol. The Bertz CT molecular complexity index is 237. The maximum Gasteiger partial charge on any atom is 0.0583 e. The fraction of sp³-hybridized carbons (Fsp3) is 1.00. The zero-order valence-electron chi connectivity index (χ0n) is 13.0. The van der Waals surface area contributed by atoms with Crippen LogP contribution in [0.1, 0.15) is 66.7 Å². The Hall–Kier alpha value is 0.310. The van der Waals surface area contributed by atoms with Gasteiger partial charge in [0.15, 0.2) is 0 Å². The summed E-state index contributed by atoms with van der Waals surface area (Å²) < 4.78 is 6.28. The van der Waals surface area contributed by atoms with Gasteiger partial charge in [-0.15, -0.1) is 0 Å². The summed E-state index contributed by atoms with van der Waals surface area (Å²) in [5.41, 5.74) is 0.734. The van der Waals surface area contributed by atoms with Gasteiger partial charge in [-0.25, -0.2) is 0 Å². The second-order valence-electron chi connectivity index (χ2n) is 7.21. The van der Waals surface area contributed by atoms with Crippen LogP contribution in [0.4, 0.5) is 0 Å². The molecule has 1 nitrogen and oxygen atoms in total. The minimum absolute atomic E-state index is 0.286. The van der Waals surface area contributed by atoms with Gasteiger partial charge < -0.3 is 4.74 Å². The summed E-state index contributed by atoms with van der Waals surface area (Å²) in [4.78, 5) is 0. The molecule has 2 heteroatoms. The summed E-state index contributed by atoms with van der Waals surface area (Å²) in [5, 5.41) is 0. The Balaban J connectivity index is 2.52. The highest BCUT2D eigenvalue weighted by molar-refractivity contribution is 7.80. The monoisotopic (exact) mass is 272 g/mol. The summed E-state index contributed by atoms with van der Waals surface area (Å²) in [6.45, 7) is 12.5. The molecule has 2 atom stereocenters. The molecule has 0 heterocycles. The first-order chi connectivity index (χ1) is 8.36. The molecule has 0 aromatic heterocycles. The van der Waals surface area contributed by atoms with Crippen molar-refractivity contribution in [3.63, 3.8) is 0 Å². The van der Waals surface area contributed by atoms with E-state index in [4.69, 9.17) is 4.74 Å². The number of ether oxygens (including phenoxy) is 1. The molecule has 0 spiro atoms. The third-order valence-electron chi connectivity index (χ3n) is 4.81. The lowest BCUT2D eigenvalue weighted by molar-refractivity contribution is -0.0556. The van der Waals surface area contributed by atoms with Gasteiger partial charge in [0, 0.05) is 5.41 Å². The van der Waals surface area contributed by atoms with Crippen LogP contribution in [0.15, 0.2) is 0 Å². The van der Waals surface area contributed by atoms with E-state index in [9.17, 15) is 0 Å². The van der Waals surface area contributed by atoms with Crippen molar-refractivity contribution >= 4 is 12.6 Å². The summed E-state index contributed by atoms with van der Waals surface area (Å²) in [6, 6.07) is 0. The molecule has 0 aliphatic heterocycles. The van der Waals surface area contributed by atoms with Crippen LogP contribution in [-0.4, -0.2) is 18.5 Å². The molecular formula is C16H32OS. The van der Waals surface area contributed by atoms with Crippen LogP contribution in [-0.2, 0) is 4.74 Å². The largest absolute Gasteiger partial charge is 0.378 e. The van der Waals surface area contributed by atoms with E-state index in [2.05, 4.69) is 47.2 Å².